The van der Waals surface area contributed by atoms with Crippen LogP contribution in [0, 0.1) is 11.7 Å². The van der Waals surface area contributed by atoms with Crippen LogP contribution in [0.25, 0.3) is 10.9 Å². The van der Waals surface area contributed by atoms with Crippen LogP contribution in [0.1, 0.15) is 31.4 Å². The molecule has 0 aliphatic rings. The minimum Gasteiger partial charge on any atom is -0.297 e. The average molecular weight is 384 g/mol. The number of hydrogen-bond donors (Lipinski definition) is 0. The molecular weight excluding hydrogens is 361 g/mol. The Morgan fingerprint density at radius 3 is 2.56 bits per heavy atom. The monoisotopic (exact) mass is 383 g/mol. The van der Waals surface area contributed by atoms with E-state index in [4.69, 9.17) is 11.6 Å². The van der Waals surface area contributed by atoms with Crippen LogP contribution in [0.2, 0.25) is 0 Å². The predicted molar refractivity (Wildman–Crippen MR) is 109 cm³/mol. The molecule has 0 bridgehead atoms. The van der Waals surface area contributed by atoms with Gasteiger partial charge in [0.1, 0.15) is 16.2 Å². The van der Waals surface area contributed by atoms with Crippen molar-refractivity contribution in [3.05, 3.63) is 77.7 Å². The van der Waals surface area contributed by atoms with Crippen molar-refractivity contribution in [3.8, 4) is 0 Å². The molecule has 0 saturated heterocycles. The molecule has 0 radical (unpaired) electrons. The number of alkyl halides is 1. The molecule has 0 amide bonds. The number of Topliss-reactive ketones (excluding diaryl/α,β-unsaturated/α-hetero) is 1. The van der Waals surface area contributed by atoms with E-state index >= 15 is 0 Å². The molecule has 1 aromatic heterocycles. The molecule has 0 spiro atoms. The highest BCUT2D eigenvalue weighted by atomic mass is 35.5. The maximum absolute atomic E-state index is 13.8. The fraction of sp³-hybridized carbons (Fsp3) is 0.304. The number of benzene rings is 2. The average Bonchev–Trinajstić information content (AvgIpc) is 2.62. The van der Waals surface area contributed by atoms with Gasteiger partial charge in [-0.1, -0.05) is 56.3 Å². The van der Waals surface area contributed by atoms with Crippen molar-refractivity contribution in [2.45, 2.75) is 38.0 Å². The van der Waals surface area contributed by atoms with Gasteiger partial charge in [-0.25, -0.2) is 4.39 Å². The summed E-state index contributed by atoms with van der Waals surface area (Å²) >= 11 is 6.88. The standard InChI is InChI=1S/C23H23ClFNO/c1-16(2)13-23(24,14-17-7-4-3-5-8-17)21(27)12-18-11-19-9-6-10-20(25)22(19)26-15-18/h3-11,15-16H,12-14H2,1-2H3/t23-/m0/s1. The van der Waals surface area contributed by atoms with E-state index in [1.54, 1.807) is 18.3 Å². The van der Waals surface area contributed by atoms with Crippen LogP contribution in [0.3, 0.4) is 0 Å². The lowest BCUT2D eigenvalue weighted by Crippen LogP contribution is -2.37. The molecule has 2 aromatic carbocycles. The number of pyridine rings is 1. The lowest BCUT2D eigenvalue weighted by molar-refractivity contribution is -0.121. The third kappa shape index (κ3) is 4.72. The number of fused-ring (bicyclic) bond motifs is 1. The second kappa shape index (κ2) is 8.18. The molecule has 27 heavy (non-hydrogen) atoms. The number of halogens is 2. The van der Waals surface area contributed by atoms with Crippen molar-refractivity contribution >= 4 is 28.3 Å². The van der Waals surface area contributed by atoms with Crippen molar-refractivity contribution < 1.29 is 9.18 Å². The van der Waals surface area contributed by atoms with Crippen LogP contribution < -0.4 is 0 Å². The summed E-state index contributed by atoms with van der Waals surface area (Å²) in [7, 11) is 0. The summed E-state index contributed by atoms with van der Waals surface area (Å²) in [5, 5.41) is 0.687. The fourth-order valence-electron chi connectivity index (χ4n) is 3.46. The zero-order valence-corrected chi connectivity index (χ0v) is 16.3. The summed E-state index contributed by atoms with van der Waals surface area (Å²) in [5.41, 5.74) is 2.11. The van der Waals surface area contributed by atoms with Gasteiger partial charge in [0.2, 0.25) is 0 Å². The molecule has 3 aromatic rings. The molecule has 0 unspecified atom stereocenters. The first kappa shape index (κ1) is 19.5. The predicted octanol–water partition coefficient (Wildman–Crippen LogP) is 5.75. The zero-order chi connectivity index (χ0) is 19.4. The highest BCUT2D eigenvalue weighted by Gasteiger charge is 2.36. The second-order valence-electron chi connectivity index (χ2n) is 7.48. The smallest absolute Gasteiger partial charge is 0.158 e. The first-order valence-corrected chi connectivity index (χ1v) is 9.54. The Morgan fingerprint density at radius 1 is 1.11 bits per heavy atom. The summed E-state index contributed by atoms with van der Waals surface area (Å²) in [5.74, 6) is -0.0980. The number of hydrogen-bond acceptors (Lipinski definition) is 2. The summed E-state index contributed by atoms with van der Waals surface area (Å²) in [6.45, 7) is 4.13. The Kier molecular flexibility index (Phi) is 5.91. The number of para-hydroxylation sites is 1. The van der Waals surface area contributed by atoms with Gasteiger partial charge in [-0.15, -0.1) is 11.6 Å². The SMILES string of the molecule is CC(C)C[C@](Cl)(Cc1ccccc1)C(=O)Cc1cnc2c(F)cccc2c1. The first-order valence-electron chi connectivity index (χ1n) is 9.17. The van der Waals surface area contributed by atoms with Gasteiger partial charge in [-0.2, -0.15) is 0 Å². The van der Waals surface area contributed by atoms with Gasteiger partial charge in [0.15, 0.2) is 5.78 Å². The molecule has 0 aliphatic heterocycles. The topological polar surface area (TPSA) is 30.0 Å². The van der Waals surface area contributed by atoms with Crippen LogP contribution in [-0.2, 0) is 17.6 Å². The highest BCUT2D eigenvalue weighted by Crippen LogP contribution is 2.31. The number of carbonyl (C=O) groups is 1. The number of aromatic nitrogens is 1. The molecule has 2 nitrogen and oxygen atoms in total. The van der Waals surface area contributed by atoms with Gasteiger partial charge in [-0.05, 0) is 42.0 Å². The van der Waals surface area contributed by atoms with Crippen molar-refractivity contribution in [2.24, 2.45) is 5.92 Å². The highest BCUT2D eigenvalue weighted by molar-refractivity contribution is 6.35. The molecule has 0 fully saturated rings. The molecule has 0 saturated carbocycles. The number of nitrogens with zero attached hydrogens (tertiary/aromatic N) is 1. The van der Waals surface area contributed by atoms with Crippen LogP contribution in [0.5, 0.6) is 0 Å². The molecule has 140 valence electrons. The van der Waals surface area contributed by atoms with E-state index in [1.807, 2.05) is 36.4 Å². The molecule has 0 N–H and O–H groups in total. The van der Waals surface area contributed by atoms with Gasteiger partial charge in [0.05, 0.1) is 0 Å². The molecule has 3 rings (SSSR count). The van der Waals surface area contributed by atoms with E-state index in [0.29, 0.717) is 29.7 Å². The lowest BCUT2D eigenvalue weighted by Gasteiger charge is -2.28. The normalized spacial score (nSPS) is 13.7. The largest absolute Gasteiger partial charge is 0.297 e. The van der Waals surface area contributed by atoms with Crippen molar-refractivity contribution in [2.75, 3.05) is 0 Å². The van der Waals surface area contributed by atoms with Crippen LogP contribution >= 0.6 is 11.6 Å². The van der Waals surface area contributed by atoms with Gasteiger partial charge < -0.3 is 0 Å². The van der Waals surface area contributed by atoms with E-state index in [9.17, 15) is 9.18 Å². The molecule has 1 atom stereocenters. The maximum atomic E-state index is 13.8. The van der Waals surface area contributed by atoms with Crippen molar-refractivity contribution in [1.29, 1.82) is 0 Å². The van der Waals surface area contributed by atoms with E-state index in [0.717, 1.165) is 11.1 Å². The van der Waals surface area contributed by atoms with Gasteiger partial charge in [0, 0.05) is 18.0 Å². The van der Waals surface area contributed by atoms with Gasteiger partial charge >= 0.3 is 0 Å². The maximum Gasteiger partial charge on any atom is 0.158 e. The molecule has 4 heteroatoms. The van der Waals surface area contributed by atoms with Crippen LogP contribution in [0.4, 0.5) is 4.39 Å². The molecular formula is C23H23ClFNO. The summed E-state index contributed by atoms with van der Waals surface area (Å²) in [4.78, 5) is 16.4. The minimum absolute atomic E-state index is 0.0285. The Bertz CT molecular complexity index is 942. The summed E-state index contributed by atoms with van der Waals surface area (Å²) in [6.07, 6.45) is 2.83. The zero-order valence-electron chi connectivity index (χ0n) is 15.6. The number of ketones is 1. The number of rotatable bonds is 7. The van der Waals surface area contributed by atoms with E-state index in [1.165, 1.54) is 6.07 Å². The Balaban J connectivity index is 1.85. The first-order chi connectivity index (χ1) is 12.9. The molecule has 0 aliphatic carbocycles. The number of carbonyl (C=O) groups excluding carboxylic acids is 1. The van der Waals surface area contributed by atoms with Crippen molar-refractivity contribution in [3.63, 3.8) is 0 Å². The Morgan fingerprint density at radius 2 is 1.85 bits per heavy atom. The van der Waals surface area contributed by atoms with E-state index < -0.39 is 4.87 Å². The minimum atomic E-state index is -0.966. The van der Waals surface area contributed by atoms with Crippen LogP contribution in [0.15, 0.2) is 60.8 Å². The Hall–Kier alpha value is -2.26. The Labute approximate surface area is 164 Å². The van der Waals surface area contributed by atoms with Gasteiger partial charge in [-0.3, -0.25) is 9.78 Å². The summed E-state index contributed by atoms with van der Waals surface area (Å²) < 4.78 is 13.8. The fourth-order valence-corrected chi connectivity index (χ4v) is 3.99. The van der Waals surface area contributed by atoms with Crippen LogP contribution in [-0.4, -0.2) is 15.6 Å². The third-order valence-corrected chi connectivity index (χ3v) is 5.14. The third-order valence-electron chi connectivity index (χ3n) is 4.64. The van der Waals surface area contributed by atoms with E-state index in [-0.39, 0.29) is 18.0 Å². The van der Waals surface area contributed by atoms with E-state index in [2.05, 4.69) is 18.8 Å². The lowest BCUT2D eigenvalue weighted by atomic mass is 9.84. The van der Waals surface area contributed by atoms with Gasteiger partial charge in [0.25, 0.3) is 0 Å². The van der Waals surface area contributed by atoms with Crippen molar-refractivity contribution in [1.82, 2.24) is 4.98 Å². The molecule has 1 heterocycles. The second-order valence-corrected chi connectivity index (χ2v) is 8.20. The summed E-state index contributed by atoms with van der Waals surface area (Å²) in [6, 6.07) is 16.5. The quantitative estimate of drug-likeness (QED) is 0.486.